The maximum atomic E-state index is 11.4. The molecule has 1 aromatic heterocycles. The first-order valence-electron chi connectivity index (χ1n) is 6.53. The fourth-order valence-electron chi connectivity index (χ4n) is 1.60. The summed E-state index contributed by atoms with van der Waals surface area (Å²) in [6, 6.07) is 3.58. The van der Waals surface area contributed by atoms with Crippen LogP contribution in [0, 0.1) is 0 Å². The molecule has 2 rings (SSSR count). The number of carbonyl (C=O) groups excluding carboxylic acids is 1. The number of thiazole rings is 1. The van der Waals surface area contributed by atoms with Gasteiger partial charge in [-0.3, -0.25) is 10.2 Å². The van der Waals surface area contributed by atoms with Crippen molar-refractivity contribution < 1.29 is 9.53 Å². The third-order valence-corrected chi connectivity index (χ3v) is 5.19. The van der Waals surface area contributed by atoms with Crippen LogP contribution in [0.2, 0.25) is 10.0 Å². The molecule has 0 aliphatic carbocycles. The van der Waals surface area contributed by atoms with Crippen molar-refractivity contribution in [2.75, 3.05) is 12.0 Å². The van der Waals surface area contributed by atoms with E-state index in [1.54, 1.807) is 30.7 Å². The van der Waals surface area contributed by atoms with E-state index in [0.717, 1.165) is 4.47 Å². The highest BCUT2D eigenvalue weighted by Gasteiger charge is 2.08. The zero-order valence-electron chi connectivity index (χ0n) is 12.0. The normalized spacial score (nSPS) is 11.0. The van der Waals surface area contributed by atoms with Gasteiger partial charge in [0.05, 0.1) is 35.0 Å². The molecule has 1 N–H and O–H groups in total. The van der Waals surface area contributed by atoms with Gasteiger partial charge >= 0.3 is 5.97 Å². The van der Waals surface area contributed by atoms with Gasteiger partial charge in [-0.2, -0.15) is 5.10 Å². The van der Waals surface area contributed by atoms with Crippen molar-refractivity contribution in [1.29, 1.82) is 0 Å². The minimum atomic E-state index is -0.302. The molecule has 0 aliphatic rings. The quantitative estimate of drug-likeness (QED) is 0.306. The SMILES string of the molecule is CCOC(=O)Cc1csc(NN=Cc2ccc(Br)c(Cl)c2Cl)n1. The van der Waals surface area contributed by atoms with Crippen LogP contribution in [0.5, 0.6) is 0 Å². The van der Waals surface area contributed by atoms with Crippen molar-refractivity contribution in [3.63, 3.8) is 0 Å². The van der Waals surface area contributed by atoms with E-state index in [4.69, 9.17) is 27.9 Å². The van der Waals surface area contributed by atoms with Crippen LogP contribution in [-0.4, -0.2) is 23.8 Å². The van der Waals surface area contributed by atoms with Crippen LogP contribution in [-0.2, 0) is 16.0 Å². The molecule has 0 aliphatic heterocycles. The van der Waals surface area contributed by atoms with Gasteiger partial charge in [0.2, 0.25) is 5.13 Å². The second-order valence-corrected chi connectivity index (χ2v) is 6.73. The number of nitrogens with zero attached hydrogens (tertiary/aromatic N) is 2. The summed E-state index contributed by atoms with van der Waals surface area (Å²) in [6.07, 6.45) is 1.69. The lowest BCUT2D eigenvalue weighted by Gasteiger charge is -2.02. The van der Waals surface area contributed by atoms with Crippen molar-refractivity contribution >= 4 is 67.8 Å². The Balaban J connectivity index is 1.97. The second-order valence-electron chi connectivity index (χ2n) is 4.26. The van der Waals surface area contributed by atoms with Gasteiger partial charge in [-0.25, -0.2) is 4.98 Å². The molecule has 0 saturated carbocycles. The van der Waals surface area contributed by atoms with Gasteiger partial charge in [0.15, 0.2) is 0 Å². The number of ether oxygens (including phenoxy) is 1. The Morgan fingerprint density at radius 1 is 1.48 bits per heavy atom. The van der Waals surface area contributed by atoms with Gasteiger partial charge in [0.1, 0.15) is 0 Å². The van der Waals surface area contributed by atoms with E-state index in [1.165, 1.54) is 11.3 Å². The van der Waals surface area contributed by atoms with Gasteiger partial charge in [-0.1, -0.05) is 29.3 Å². The van der Waals surface area contributed by atoms with Crippen LogP contribution >= 0.6 is 50.5 Å². The van der Waals surface area contributed by atoms with Crippen LogP contribution in [0.25, 0.3) is 0 Å². The molecule has 0 spiro atoms. The minimum absolute atomic E-state index is 0.143. The van der Waals surface area contributed by atoms with Crippen molar-refractivity contribution in [1.82, 2.24) is 4.98 Å². The van der Waals surface area contributed by atoms with E-state index in [2.05, 4.69) is 31.4 Å². The van der Waals surface area contributed by atoms with E-state index in [1.807, 2.05) is 0 Å². The van der Waals surface area contributed by atoms with Gasteiger partial charge < -0.3 is 4.74 Å². The van der Waals surface area contributed by atoms with Crippen LogP contribution < -0.4 is 5.43 Å². The van der Waals surface area contributed by atoms with Gasteiger partial charge in [-0.05, 0) is 28.9 Å². The number of esters is 1. The molecule has 1 aromatic carbocycles. The molecule has 0 saturated heterocycles. The standard InChI is InChI=1S/C14H12BrCl2N3O2S/c1-2-22-11(21)5-9-7-23-14(19-9)20-18-6-8-3-4-10(15)13(17)12(8)16/h3-4,6-7H,2,5H2,1H3,(H,19,20). The third kappa shape index (κ3) is 5.17. The Kier molecular flexibility index (Phi) is 6.83. The van der Waals surface area contributed by atoms with Crippen LogP contribution in [0.15, 0.2) is 27.1 Å². The highest BCUT2D eigenvalue weighted by molar-refractivity contribution is 9.10. The number of aromatic nitrogens is 1. The molecule has 0 atom stereocenters. The average molecular weight is 437 g/mol. The number of benzene rings is 1. The predicted octanol–water partition coefficient (Wildman–Crippen LogP) is 4.76. The number of rotatable bonds is 6. The molecule has 5 nitrogen and oxygen atoms in total. The summed E-state index contributed by atoms with van der Waals surface area (Å²) in [5.74, 6) is -0.302. The Bertz CT molecular complexity index is 737. The molecule has 23 heavy (non-hydrogen) atoms. The number of hydrogen-bond acceptors (Lipinski definition) is 6. The lowest BCUT2D eigenvalue weighted by atomic mass is 10.2. The molecule has 122 valence electrons. The smallest absolute Gasteiger partial charge is 0.311 e. The number of halogens is 3. The molecular formula is C14H12BrCl2N3O2S. The average Bonchev–Trinajstić information content (AvgIpc) is 2.95. The van der Waals surface area contributed by atoms with Gasteiger partial charge in [0, 0.05) is 15.4 Å². The van der Waals surface area contributed by atoms with Gasteiger partial charge in [-0.15, -0.1) is 11.3 Å². The summed E-state index contributed by atoms with van der Waals surface area (Å²) in [7, 11) is 0. The largest absolute Gasteiger partial charge is 0.466 e. The number of nitrogens with one attached hydrogen (secondary N) is 1. The first kappa shape index (κ1) is 18.2. The molecule has 0 unspecified atom stereocenters. The lowest BCUT2D eigenvalue weighted by Crippen LogP contribution is -2.07. The van der Waals surface area contributed by atoms with E-state index >= 15 is 0 Å². The number of carbonyl (C=O) groups is 1. The van der Waals surface area contributed by atoms with Crippen molar-refractivity contribution in [2.24, 2.45) is 5.10 Å². The molecule has 1 heterocycles. The lowest BCUT2D eigenvalue weighted by molar-refractivity contribution is -0.142. The molecular weight excluding hydrogens is 425 g/mol. The summed E-state index contributed by atoms with van der Waals surface area (Å²) >= 11 is 16.8. The first-order valence-corrected chi connectivity index (χ1v) is 8.96. The molecule has 2 aromatic rings. The monoisotopic (exact) mass is 435 g/mol. The van der Waals surface area contributed by atoms with Crippen molar-refractivity contribution in [3.05, 3.63) is 43.3 Å². The number of hydrogen-bond donors (Lipinski definition) is 1. The van der Waals surface area contributed by atoms with E-state index < -0.39 is 0 Å². The maximum Gasteiger partial charge on any atom is 0.311 e. The van der Waals surface area contributed by atoms with Crippen LogP contribution in [0.3, 0.4) is 0 Å². The molecule has 0 radical (unpaired) electrons. The highest BCUT2D eigenvalue weighted by atomic mass is 79.9. The molecule has 0 amide bonds. The summed E-state index contributed by atoms with van der Waals surface area (Å²) < 4.78 is 5.59. The van der Waals surface area contributed by atoms with Crippen LogP contribution in [0.4, 0.5) is 5.13 Å². The minimum Gasteiger partial charge on any atom is -0.466 e. The molecule has 0 fully saturated rings. The zero-order chi connectivity index (χ0) is 16.8. The van der Waals surface area contributed by atoms with Gasteiger partial charge in [0.25, 0.3) is 0 Å². The molecule has 9 heteroatoms. The maximum absolute atomic E-state index is 11.4. The Morgan fingerprint density at radius 3 is 3.00 bits per heavy atom. The van der Waals surface area contributed by atoms with Crippen LogP contribution in [0.1, 0.15) is 18.2 Å². The van der Waals surface area contributed by atoms with E-state index in [9.17, 15) is 4.79 Å². The summed E-state index contributed by atoms with van der Waals surface area (Å²) in [6.45, 7) is 2.12. The fourth-order valence-corrected chi connectivity index (χ4v) is 3.09. The Morgan fingerprint density at radius 2 is 2.26 bits per heavy atom. The third-order valence-electron chi connectivity index (χ3n) is 2.61. The highest BCUT2D eigenvalue weighted by Crippen LogP contribution is 2.32. The predicted molar refractivity (Wildman–Crippen MR) is 97.8 cm³/mol. The molecule has 0 bridgehead atoms. The number of hydrazone groups is 1. The van der Waals surface area contributed by atoms with Crippen molar-refractivity contribution in [3.8, 4) is 0 Å². The number of anilines is 1. The van der Waals surface area contributed by atoms with Crippen molar-refractivity contribution in [2.45, 2.75) is 13.3 Å². The first-order chi connectivity index (χ1) is 11.0. The van der Waals surface area contributed by atoms with E-state index in [-0.39, 0.29) is 12.4 Å². The Labute approximate surface area is 155 Å². The summed E-state index contributed by atoms with van der Waals surface area (Å²) in [5, 5.41) is 7.26. The summed E-state index contributed by atoms with van der Waals surface area (Å²) in [5.41, 5.74) is 4.10. The fraction of sp³-hybridized carbons (Fsp3) is 0.214. The Hall–Kier alpha value is -1.15. The summed E-state index contributed by atoms with van der Waals surface area (Å²) in [4.78, 5) is 15.6. The second kappa shape index (κ2) is 8.63. The van der Waals surface area contributed by atoms with E-state index in [0.29, 0.717) is 33.0 Å². The topological polar surface area (TPSA) is 63.6 Å². The zero-order valence-corrected chi connectivity index (χ0v) is 15.9.